The van der Waals surface area contributed by atoms with Gasteiger partial charge in [0.2, 0.25) is 5.91 Å². The number of nitrogens with one attached hydrogen (secondary N) is 1. The fraction of sp³-hybridized carbons (Fsp3) is 0.800. The number of hydrogen-bond acceptors (Lipinski definition) is 3. The van der Waals surface area contributed by atoms with Crippen molar-refractivity contribution in [3.8, 4) is 0 Å². The standard InChI is InChI=1S/C10H17NO3/c1-4-14-8(12)5-7-6-11-9(13)10(7,2)3/h7H,4-6H2,1-3H3,(H,11,13). The summed E-state index contributed by atoms with van der Waals surface area (Å²) in [5, 5.41) is 2.76. The Morgan fingerprint density at radius 2 is 2.29 bits per heavy atom. The first kappa shape index (κ1) is 11.0. The lowest BCUT2D eigenvalue weighted by Crippen LogP contribution is -2.29. The topological polar surface area (TPSA) is 55.4 Å². The average molecular weight is 199 g/mol. The first-order valence-electron chi connectivity index (χ1n) is 4.92. The van der Waals surface area contributed by atoms with Crippen LogP contribution >= 0.6 is 0 Å². The van der Waals surface area contributed by atoms with E-state index >= 15 is 0 Å². The predicted molar refractivity (Wildman–Crippen MR) is 51.5 cm³/mol. The van der Waals surface area contributed by atoms with Crippen LogP contribution in [0.4, 0.5) is 0 Å². The van der Waals surface area contributed by atoms with Crippen molar-refractivity contribution < 1.29 is 14.3 Å². The number of amides is 1. The van der Waals surface area contributed by atoms with Gasteiger partial charge in [-0.05, 0) is 6.92 Å². The highest BCUT2D eigenvalue weighted by atomic mass is 16.5. The van der Waals surface area contributed by atoms with Crippen LogP contribution in [-0.4, -0.2) is 25.0 Å². The largest absolute Gasteiger partial charge is 0.466 e. The zero-order chi connectivity index (χ0) is 10.8. The van der Waals surface area contributed by atoms with Crippen molar-refractivity contribution in [2.24, 2.45) is 11.3 Å². The highest BCUT2D eigenvalue weighted by Crippen LogP contribution is 2.33. The smallest absolute Gasteiger partial charge is 0.306 e. The van der Waals surface area contributed by atoms with Crippen LogP contribution in [0.25, 0.3) is 0 Å². The van der Waals surface area contributed by atoms with Gasteiger partial charge in [-0.2, -0.15) is 0 Å². The van der Waals surface area contributed by atoms with Crippen LogP contribution in [0, 0.1) is 11.3 Å². The second kappa shape index (κ2) is 3.98. The summed E-state index contributed by atoms with van der Waals surface area (Å²) in [6, 6.07) is 0. The summed E-state index contributed by atoms with van der Waals surface area (Å²) in [7, 11) is 0. The lowest BCUT2D eigenvalue weighted by molar-refractivity contribution is -0.145. The van der Waals surface area contributed by atoms with Crippen LogP contribution in [0.15, 0.2) is 0 Å². The van der Waals surface area contributed by atoms with Crippen LogP contribution in [0.1, 0.15) is 27.2 Å². The minimum Gasteiger partial charge on any atom is -0.466 e. The van der Waals surface area contributed by atoms with E-state index in [-0.39, 0.29) is 17.8 Å². The third kappa shape index (κ3) is 2.05. The minimum atomic E-state index is -0.452. The van der Waals surface area contributed by atoms with Gasteiger partial charge in [0.1, 0.15) is 0 Å². The Balaban J connectivity index is 2.54. The second-order valence-electron chi connectivity index (χ2n) is 4.14. The molecule has 0 aromatic rings. The zero-order valence-electron chi connectivity index (χ0n) is 8.92. The van der Waals surface area contributed by atoms with Gasteiger partial charge in [-0.3, -0.25) is 9.59 Å². The van der Waals surface area contributed by atoms with E-state index < -0.39 is 5.41 Å². The molecule has 1 saturated heterocycles. The Morgan fingerprint density at radius 3 is 2.71 bits per heavy atom. The normalized spacial score (nSPS) is 24.5. The minimum absolute atomic E-state index is 0.0202. The summed E-state index contributed by atoms with van der Waals surface area (Å²) in [6.45, 7) is 6.47. The molecule has 1 fully saturated rings. The number of hydrogen-bond donors (Lipinski definition) is 1. The third-order valence-electron chi connectivity index (χ3n) is 2.83. The Kier molecular flexibility index (Phi) is 3.13. The molecule has 1 aliphatic rings. The van der Waals surface area contributed by atoms with E-state index in [1.165, 1.54) is 0 Å². The predicted octanol–water partition coefficient (Wildman–Crippen LogP) is 0.712. The third-order valence-corrected chi connectivity index (χ3v) is 2.83. The number of carbonyl (C=O) groups excluding carboxylic acids is 2. The van der Waals surface area contributed by atoms with E-state index in [2.05, 4.69) is 5.32 Å². The molecule has 14 heavy (non-hydrogen) atoms. The molecular formula is C10H17NO3. The first-order chi connectivity index (χ1) is 6.48. The average Bonchev–Trinajstić information content (AvgIpc) is 2.32. The van der Waals surface area contributed by atoms with Gasteiger partial charge in [0.05, 0.1) is 13.0 Å². The highest BCUT2D eigenvalue weighted by Gasteiger charge is 2.43. The Hall–Kier alpha value is -1.06. The first-order valence-corrected chi connectivity index (χ1v) is 4.92. The number of rotatable bonds is 3. The van der Waals surface area contributed by atoms with Crippen molar-refractivity contribution in [2.75, 3.05) is 13.2 Å². The summed E-state index contributed by atoms with van der Waals surface area (Å²) in [5.74, 6) is -0.150. The molecule has 0 bridgehead atoms. The number of esters is 1. The lowest BCUT2D eigenvalue weighted by atomic mass is 9.79. The fourth-order valence-electron chi connectivity index (χ4n) is 1.63. The number of ether oxygens (including phenoxy) is 1. The van der Waals surface area contributed by atoms with Crippen LogP contribution in [0.5, 0.6) is 0 Å². The molecule has 0 aromatic heterocycles. The van der Waals surface area contributed by atoms with Crippen molar-refractivity contribution in [1.82, 2.24) is 5.32 Å². The summed E-state index contributed by atoms with van der Waals surface area (Å²) in [5.41, 5.74) is -0.452. The maximum Gasteiger partial charge on any atom is 0.306 e. The molecule has 0 spiro atoms. The molecule has 1 heterocycles. The van der Waals surface area contributed by atoms with E-state index in [0.29, 0.717) is 19.6 Å². The Bertz CT molecular complexity index is 248. The van der Waals surface area contributed by atoms with E-state index in [4.69, 9.17) is 4.74 Å². The van der Waals surface area contributed by atoms with Gasteiger partial charge in [-0.15, -0.1) is 0 Å². The van der Waals surface area contributed by atoms with Gasteiger partial charge in [-0.1, -0.05) is 13.8 Å². The van der Waals surface area contributed by atoms with Crippen LogP contribution in [0.2, 0.25) is 0 Å². The van der Waals surface area contributed by atoms with Gasteiger partial charge >= 0.3 is 5.97 Å². The van der Waals surface area contributed by atoms with Gasteiger partial charge in [0, 0.05) is 17.9 Å². The quantitative estimate of drug-likeness (QED) is 0.681. The van der Waals surface area contributed by atoms with Crippen LogP contribution < -0.4 is 5.32 Å². The lowest BCUT2D eigenvalue weighted by Gasteiger charge is -2.22. The highest BCUT2D eigenvalue weighted by molar-refractivity contribution is 5.85. The molecule has 1 unspecified atom stereocenters. The zero-order valence-corrected chi connectivity index (χ0v) is 8.92. The molecule has 4 nitrogen and oxygen atoms in total. The summed E-state index contributed by atoms with van der Waals surface area (Å²) >= 11 is 0. The Morgan fingerprint density at radius 1 is 1.64 bits per heavy atom. The van der Waals surface area contributed by atoms with E-state index in [0.717, 1.165) is 0 Å². The molecule has 1 amide bonds. The molecule has 0 aliphatic carbocycles. The SMILES string of the molecule is CCOC(=O)CC1CNC(=O)C1(C)C. The molecule has 80 valence electrons. The molecule has 4 heteroatoms. The molecular weight excluding hydrogens is 182 g/mol. The van der Waals surface area contributed by atoms with Crippen LogP contribution in [0.3, 0.4) is 0 Å². The Labute approximate surface area is 84.0 Å². The van der Waals surface area contributed by atoms with Gasteiger partial charge in [0.25, 0.3) is 0 Å². The molecule has 0 radical (unpaired) electrons. The second-order valence-corrected chi connectivity index (χ2v) is 4.14. The summed E-state index contributed by atoms with van der Waals surface area (Å²) in [6.07, 6.45) is 0.319. The molecule has 1 rings (SSSR count). The fourth-order valence-corrected chi connectivity index (χ4v) is 1.63. The summed E-state index contributed by atoms with van der Waals surface area (Å²) < 4.78 is 4.85. The van der Waals surface area contributed by atoms with Gasteiger partial charge in [0.15, 0.2) is 0 Å². The summed E-state index contributed by atoms with van der Waals surface area (Å²) in [4.78, 5) is 22.6. The van der Waals surface area contributed by atoms with Crippen molar-refractivity contribution >= 4 is 11.9 Å². The van der Waals surface area contributed by atoms with Crippen LogP contribution in [-0.2, 0) is 14.3 Å². The maximum absolute atomic E-state index is 11.4. The van der Waals surface area contributed by atoms with Crippen molar-refractivity contribution in [3.63, 3.8) is 0 Å². The van der Waals surface area contributed by atoms with E-state index in [1.54, 1.807) is 6.92 Å². The number of carbonyl (C=O) groups is 2. The molecule has 1 atom stereocenters. The molecule has 1 N–H and O–H groups in total. The molecule has 0 saturated carbocycles. The molecule has 1 aliphatic heterocycles. The van der Waals surface area contributed by atoms with Crippen molar-refractivity contribution in [2.45, 2.75) is 27.2 Å². The monoisotopic (exact) mass is 199 g/mol. The van der Waals surface area contributed by atoms with E-state index in [9.17, 15) is 9.59 Å². The van der Waals surface area contributed by atoms with Crippen molar-refractivity contribution in [3.05, 3.63) is 0 Å². The van der Waals surface area contributed by atoms with Gasteiger partial charge in [-0.25, -0.2) is 0 Å². The molecule has 0 aromatic carbocycles. The van der Waals surface area contributed by atoms with E-state index in [1.807, 2.05) is 13.8 Å². The maximum atomic E-state index is 11.4. The van der Waals surface area contributed by atoms with Crippen molar-refractivity contribution in [1.29, 1.82) is 0 Å². The van der Waals surface area contributed by atoms with Gasteiger partial charge < -0.3 is 10.1 Å².